The number of carbonyl (C=O) groups is 2. The molecule has 1 fully saturated rings. The molecule has 0 saturated carbocycles. The Morgan fingerprint density at radius 2 is 1.64 bits per heavy atom. The summed E-state index contributed by atoms with van der Waals surface area (Å²) in [6.45, 7) is 8.04. The molecular formula is C26H33N5O4S. The van der Waals surface area contributed by atoms with Gasteiger partial charge in [0, 0.05) is 49.0 Å². The largest absolute Gasteiger partial charge is 0.339 e. The van der Waals surface area contributed by atoms with Gasteiger partial charge in [-0.3, -0.25) is 9.59 Å². The van der Waals surface area contributed by atoms with Crippen molar-refractivity contribution in [2.24, 2.45) is 0 Å². The number of nitrogens with one attached hydrogen (secondary N) is 1. The second-order valence-electron chi connectivity index (χ2n) is 9.13. The highest BCUT2D eigenvalue weighted by atomic mass is 32.2. The van der Waals surface area contributed by atoms with Gasteiger partial charge in [-0.1, -0.05) is 0 Å². The minimum atomic E-state index is -3.20. The molecule has 36 heavy (non-hydrogen) atoms. The van der Waals surface area contributed by atoms with E-state index in [1.807, 2.05) is 32.9 Å². The van der Waals surface area contributed by atoms with Crippen LogP contribution in [0.2, 0.25) is 0 Å². The summed E-state index contributed by atoms with van der Waals surface area (Å²) in [5, 5.41) is 2.91. The Bertz CT molecular complexity index is 1370. The second-order valence-corrected chi connectivity index (χ2v) is 11.1. The summed E-state index contributed by atoms with van der Waals surface area (Å²) >= 11 is 0. The molecule has 1 N–H and O–H groups in total. The van der Waals surface area contributed by atoms with Crippen LogP contribution >= 0.6 is 0 Å². The number of fused-ring (bicyclic) bond motifs is 1. The molecule has 1 saturated heterocycles. The van der Waals surface area contributed by atoms with Gasteiger partial charge in [-0.25, -0.2) is 17.7 Å². The van der Waals surface area contributed by atoms with Gasteiger partial charge < -0.3 is 14.8 Å². The third-order valence-electron chi connectivity index (χ3n) is 6.83. The summed E-state index contributed by atoms with van der Waals surface area (Å²) in [6.07, 6.45) is 2.62. The third-order valence-corrected chi connectivity index (χ3v) is 8.13. The van der Waals surface area contributed by atoms with Gasteiger partial charge in [0.05, 0.1) is 17.3 Å². The van der Waals surface area contributed by atoms with E-state index < -0.39 is 10.0 Å². The zero-order valence-electron chi connectivity index (χ0n) is 21.2. The summed E-state index contributed by atoms with van der Waals surface area (Å²) in [7, 11) is -3.20. The number of piperidine rings is 1. The summed E-state index contributed by atoms with van der Waals surface area (Å²) in [5.74, 6) is 0.556. The number of hydrogen-bond acceptors (Lipinski definition) is 5. The molecule has 2 amide bonds. The van der Waals surface area contributed by atoms with Gasteiger partial charge in [0.2, 0.25) is 10.0 Å². The average molecular weight is 512 g/mol. The van der Waals surface area contributed by atoms with E-state index in [1.54, 1.807) is 35.2 Å². The fourth-order valence-electron chi connectivity index (χ4n) is 4.84. The number of sulfonamides is 1. The van der Waals surface area contributed by atoms with E-state index in [1.165, 1.54) is 10.6 Å². The predicted octanol–water partition coefficient (Wildman–Crippen LogP) is 3.68. The van der Waals surface area contributed by atoms with E-state index in [-0.39, 0.29) is 17.9 Å². The average Bonchev–Trinajstić information content (AvgIpc) is 3.19. The Kier molecular flexibility index (Phi) is 7.46. The van der Waals surface area contributed by atoms with Crippen LogP contribution in [0.1, 0.15) is 59.3 Å². The molecular weight excluding hydrogens is 478 g/mol. The third kappa shape index (κ3) is 5.29. The van der Waals surface area contributed by atoms with Crippen molar-refractivity contribution in [2.75, 3.05) is 37.8 Å². The Morgan fingerprint density at radius 1 is 1.03 bits per heavy atom. The molecule has 0 spiro atoms. The van der Waals surface area contributed by atoms with Crippen molar-refractivity contribution in [1.29, 1.82) is 0 Å². The molecule has 3 aromatic rings. The van der Waals surface area contributed by atoms with Crippen molar-refractivity contribution in [3.8, 4) is 0 Å². The van der Waals surface area contributed by atoms with Gasteiger partial charge in [-0.05, 0) is 76.1 Å². The second kappa shape index (κ2) is 10.4. The fraction of sp³-hybridized carbons (Fsp3) is 0.423. The van der Waals surface area contributed by atoms with E-state index in [2.05, 4.69) is 14.9 Å². The zero-order chi connectivity index (χ0) is 26.0. The maximum Gasteiger partial charge on any atom is 0.255 e. The van der Waals surface area contributed by atoms with Crippen LogP contribution in [-0.2, 0) is 10.0 Å². The molecule has 0 bridgehead atoms. The number of aromatic nitrogens is 2. The maximum absolute atomic E-state index is 13.0. The predicted molar refractivity (Wildman–Crippen MR) is 141 cm³/mol. The van der Waals surface area contributed by atoms with Crippen molar-refractivity contribution in [1.82, 2.24) is 18.8 Å². The number of imidazole rings is 1. The van der Waals surface area contributed by atoms with E-state index in [0.717, 1.165) is 16.9 Å². The molecule has 1 aliphatic heterocycles. The van der Waals surface area contributed by atoms with Crippen LogP contribution in [0.5, 0.6) is 0 Å². The SMILES string of the molecule is CCN(CC)C(=O)c1ccc(NC(=O)c2ccc3nc(C)n(C4CCN(S(C)(=O)=O)CC4)c3c2)cc1. The van der Waals surface area contributed by atoms with Crippen LogP contribution in [0, 0.1) is 6.92 Å². The number of rotatable bonds is 7. The highest BCUT2D eigenvalue weighted by molar-refractivity contribution is 7.88. The Labute approximate surface area is 212 Å². The first-order valence-corrected chi connectivity index (χ1v) is 14.1. The van der Waals surface area contributed by atoms with Crippen LogP contribution < -0.4 is 5.32 Å². The minimum Gasteiger partial charge on any atom is -0.339 e. The summed E-state index contributed by atoms with van der Waals surface area (Å²) in [5.41, 5.74) is 3.35. The van der Waals surface area contributed by atoms with Crippen LogP contribution in [0.15, 0.2) is 42.5 Å². The molecule has 4 rings (SSSR count). The molecule has 9 nitrogen and oxygen atoms in total. The number of nitrogens with zero attached hydrogens (tertiary/aromatic N) is 4. The number of anilines is 1. The highest BCUT2D eigenvalue weighted by Gasteiger charge is 2.28. The molecule has 10 heteroatoms. The topological polar surface area (TPSA) is 105 Å². The van der Waals surface area contributed by atoms with Gasteiger partial charge in [0.15, 0.2) is 0 Å². The molecule has 2 heterocycles. The Morgan fingerprint density at radius 3 is 2.22 bits per heavy atom. The van der Waals surface area contributed by atoms with E-state index in [0.29, 0.717) is 55.8 Å². The first-order chi connectivity index (χ1) is 17.1. The molecule has 1 aromatic heterocycles. The molecule has 0 radical (unpaired) electrons. The highest BCUT2D eigenvalue weighted by Crippen LogP contribution is 2.30. The lowest BCUT2D eigenvalue weighted by atomic mass is 10.1. The van der Waals surface area contributed by atoms with Gasteiger partial charge in [-0.2, -0.15) is 0 Å². The van der Waals surface area contributed by atoms with E-state index in [4.69, 9.17) is 0 Å². The van der Waals surface area contributed by atoms with E-state index >= 15 is 0 Å². The molecule has 0 atom stereocenters. The fourth-order valence-corrected chi connectivity index (χ4v) is 5.71. The lowest BCUT2D eigenvalue weighted by molar-refractivity contribution is 0.0773. The number of aryl methyl sites for hydroxylation is 1. The molecule has 1 aliphatic rings. The van der Waals surface area contributed by atoms with Gasteiger partial charge in [-0.15, -0.1) is 0 Å². The molecule has 192 valence electrons. The first kappa shape index (κ1) is 25.8. The normalized spacial score (nSPS) is 15.2. The van der Waals surface area contributed by atoms with Crippen molar-refractivity contribution >= 4 is 38.6 Å². The van der Waals surface area contributed by atoms with E-state index in [9.17, 15) is 18.0 Å². The number of carbonyl (C=O) groups excluding carboxylic acids is 2. The van der Waals surface area contributed by atoms with Crippen molar-refractivity contribution in [3.05, 3.63) is 59.4 Å². The van der Waals surface area contributed by atoms with Gasteiger partial charge in [0.25, 0.3) is 11.8 Å². The number of benzene rings is 2. The van der Waals surface area contributed by atoms with Crippen molar-refractivity contribution < 1.29 is 18.0 Å². The van der Waals surface area contributed by atoms with Gasteiger partial charge >= 0.3 is 0 Å². The monoisotopic (exact) mass is 511 g/mol. The summed E-state index contributed by atoms with van der Waals surface area (Å²) in [4.78, 5) is 32.0. The quantitative estimate of drug-likeness (QED) is 0.521. The zero-order valence-corrected chi connectivity index (χ0v) is 22.0. The standard InChI is InChI=1S/C26H33N5O4S/c1-5-29(6-2)26(33)19-7-10-21(11-8-19)28-25(32)20-9-12-23-24(17-20)31(18(3)27-23)22-13-15-30(16-14-22)36(4,34)35/h7-12,17,22H,5-6,13-16H2,1-4H3,(H,28,32). The lowest BCUT2D eigenvalue weighted by Crippen LogP contribution is -2.38. The summed E-state index contributed by atoms with van der Waals surface area (Å²) < 4.78 is 27.4. The lowest BCUT2D eigenvalue weighted by Gasteiger charge is -2.31. The van der Waals surface area contributed by atoms with Crippen LogP contribution in [0.4, 0.5) is 5.69 Å². The molecule has 0 aliphatic carbocycles. The van der Waals surface area contributed by atoms with Crippen molar-refractivity contribution in [2.45, 2.75) is 39.7 Å². The van der Waals surface area contributed by atoms with Crippen molar-refractivity contribution in [3.63, 3.8) is 0 Å². The maximum atomic E-state index is 13.0. The molecule has 2 aromatic carbocycles. The minimum absolute atomic E-state index is 0.0330. The Balaban J connectivity index is 1.52. The van der Waals surface area contributed by atoms with Crippen LogP contribution in [-0.4, -0.2) is 71.4 Å². The molecule has 0 unspecified atom stereocenters. The van der Waals surface area contributed by atoms with Crippen LogP contribution in [0.25, 0.3) is 11.0 Å². The number of amides is 2. The Hall–Kier alpha value is -3.24. The van der Waals surface area contributed by atoms with Crippen LogP contribution in [0.3, 0.4) is 0 Å². The first-order valence-electron chi connectivity index (χ1n) is 12.3. The number of hydrogen-bond donors (Lipinski definition) is 1. The summed E-state index contributed by atoms with van der Waals surface area (Å²) in [6, 6.07) is 12.5. The smallest absolute Gasteiger partial charge is 0.255 e. The van der Waals surface area contributed by atoms with Gasteiger partial charge in [0.1, 0.15) is 5.82 Å².